The van der Waals surface area contributed by atoms with Gasteiger partial charge in [-0.15, -0.1) is 0 Å². The van der Waals surface area contributed by atoms with Gasteiger partial charge >= 0.3 is 7.82 Å². The van der Waals surface area contributed by atoms with Crippen molar-refractivity contribution in [3.05, 3.63) is 12.2 Å². The zero-order chi connectivity index (χ0) is 25.0. The molecule has 3 atom stereocenters. The summed E-state index contributed by atoms with van der Waals surface area (Å²) in [7, 11) is 1.56. The van der Waals surface area contributed by atoms with Crippen LogP contribution in [0.15, 0.2) is 12.2 Å². The Balaban J connectivity index is 4.03. The standard InChI is InChI=1S/C24H49N2O6P/c1-5-6-7-8-9-10-11-12-13-14-15-16-17-18-24(28)23(25-22-27)21-32-33(29,30)31-20-19-26(2,3)4/h17-18,22-24,28H,5-16,19-21H2,1-4H3,(H-,25,27,29,30)/p+1/b18-17+/t23-,24+/m0/s1. The summed E-state index contributed by atoms with van der Waals surface area (Å²) in [4.78, 5) is 20.6. The number of carbonyl (C=O) groups is 1. The van der Waals surface area contributed by atoms with E-state index in [-0.39, 0.29) is 13.2 Å². The van der Waals surface area contributed by atoms with Gasteiger partial charge in [-0.1, -0.05) is 83.3 Å². The van der Waals surface area contributed by atoms with Crippen LogP contribution >= 0.6 is 7.82 Å². The van der Waals surface area contributed by atoms with Crippen molar-refractivity contribution < 1.29 is 32.9 Å². The van der Waals surface area contributed by atoms with Crippen LogP contribution in [0.4, 0.5) is 0 Å². The third-order valence-corrected chi connectivity index (χ3v) is 6.42. The predicted octanol–water partition coefficient (Wildman–Crippen LogP) is 4.56. The van der Waals surface area contributed by atoms with Crippen molar-refractivity contribution in [3.8, 4) is 0 Å². The van der Waals surface area contributed by atoms with Gasteiger partial charge in [-0.05, 0) is 12.8 Å². The highest BCUT2D eigenvalue weighted by Gasteiger charge is 2.26. The molecular formula is C24H50N2O6P+. The van der Waals surface area contributed by atoms with Crippen LogP contribution in [0.5, 0.6) is 0 Å². The van der Waals surface area contributed by atoms with E-state index < -0.39 is 20.0 Å². The Morgan fingerprint density at radius 1 is 0.939 bits per heavy atom. The van der Waals surface area contributed by atoms with Crippen LogP contribution in [-0.4, -0.2) is 73.9 Å². The molecule has 0 aliphatic rings. The summed E-state index contributed by atoms with van der Waals surface area (Å²) < 4.78 is 22.5. The number of unbranched alkanes of at least 4 members (excludes halogenated alkanes) is 11. The molecule has 0 aliphatic heterocycles. The Kier molecular flexibility index (Phi) is 19.1. The van der Waals surface area contributed by atoms with E-state index in [9.17, 15) is 19.4 Å². The lowest BCUT2D eigenvalue weighted by Crippen LogP contribution is -2.41. The topological polar surface area (TPSA) is 105 Å². The van der Waals surface area contributed by atoms with E-state index >= 15 is 0 Å². The number of nitrogens with zero attached hydrogens (tertiary/aromatic N) is 1. The predicted molar refractivity (Wildman–Crippen MR) is 134 cm³/mol. The number of phosphoric ester groups is 1. The van der Waals surface area contributed by atoms with E-state index in [0.29, 0.717) is 17.4 Å². The highest BCUT2D eigenvalue weighted by Crippen LogP contribution is 2.43. The maximum absolute atomic E-state index is 12.0. The van der Waals surface area contributed by atoms with Crippen LogP contribution in [0, 0.1) is 0 Å². The number of nitrogens with one attached hydrogen (secondary N) is 1. The minimum Gasteiger partial charge on any atom is -0.387 e. The highest BCUT2D eigenvalue weighted by molar-refractivity contribution is 7.47. The largest absolute Gasteiger partial charge is 0.472 e. The van der Waals surface area contributed by atoms with Gasteiger partial charge in [0.25, 0.3) is 0 Å². The molecule has 33 heavy (non-hydrogen) atoms. The summed E-state index contributed by atoms with van der Waals surface area (Å²) in [5, 5.41) is 12.7. The number of allylic oxidation sites excluding steroid dienone is 1. The third kappa shape index (κ3) is 21.5. The molecule has 0 aromatic heterocycles. The van der Waals surface area contributed by atoms with Crippen LogP contribution in [0.2, 0.25) is 0 Å². The molecule has 0 spiro atoms. The van der Waals surface area contributed by atoms with Gasteiger partial charge in [0.2, 0.25) is 6.41 Å². The van der Waals surface area contributed by atoms with Gasteiger partial charge < -0.3 is 19.8 Å². The van der Waals surface area contributed by atoms with Crippen molar-refractivity contribution in [1.29, 1.82) is 0 Å². The summed E-state index contributed by atoms with van der Waals surface area (Å²) in [5.41, 5.74) is 0. The summed E-state index contributed by atoms with van der Waals surface area (Å²) in [6.07, 6.45) is 17.9. The van der Waals surface area contributed by atoms with E-state index in [4.69, 9.17) is 9.05 Å². The van der Waals surface area contributed by atoms with Gasteiger partial charge in [-0.2, -0.15) is 0 Å². The first-order chi connectivity index (χ1) is 15.6. The second-order valence-electron chi connectivity index (χ2n) is 9.75. The zero-order valence-electron chi connectivity index (χ0n) is 21.4. The zero-order valence-corrected chi connectivity index (χ0v) is 22.3. The number of likely N-dealkylation sites (N-methyl/N-ethyl adjacent to an activating group) is 1. The minimum absolute atomic E-state index is 0.0600. The first kappa shape index (κ1) is 32.2. The van der Waals surface area contributed by atoms with Gasteiger partial charge in [0.1, 0.15) is 13.2 Å². The molecule has 0 fully saturated rings. The molecule has 0 rings (SSSR count). The molecule has 0 saturated heterocycles. The number of carbonyl (C=O) groups excluding carboxylic acids is 1. The Bertz CT molecular complexity index is 554. The number of amides is 1. The Morgan fingerprint density at radius 2 is 1.48 bits per heavy atom. The van der Waals surface area contributed by atoms with Crippen molar-refractivity contribution in [3.63, 3.8) is 0 Å². The number of hydrogen-bond acceptors (Lipinski definition) is 5. The van der Waals surface area contributed by atoms with Crippen LogP contribution < -0.4 is 5.32 Å². The van der Waals surface area contributed by atoms with Crippen LogP contribution in [-0.2, 0) is 18.4 Å². The molecule has 0 bridgehead atoms. The molecule has 0 aliphatic carbocycles. The Hall–Kier alpha value is -0.760. The second kappa shape index (κ2) is 19.5. The van der Waals surface area contributed by atoms with Crippen molar-refractivity contribution in [2.75, 3.05) is 40.9 Å². The van der Waals surface area contributed by atoms with Crippen molar-refractivity contribution in [1.82, 2.24) is 5.32 Å². The molecule has 0 aromatic carbocycles. The van der Waals surface area contributed by atoms with Crippen LogP contribution in [0.25, 0.3) is 0 Å². The Labute approximate surface area is 201 Å². The van der Waals surface area contributed by atoms with Crippen LogP contribution in [0.3, 0.4) is 0 Å². The minimum atomic E-state index is -4.26. The van der Waals surface area contributed by atoms with Gasteiger partial charge in [0, 0.05) is 0 Å². The quantitative estimate of drug-likeness (QED) is 0.0634. The van der Waals surface area contributed by atoms with E-state index in [1.54, 1.807) is 6.08 Å². The summed E-state index contributed by atoms with van der Waals surface area (Å²) >= 11 is 0. The summed E-state index contributed by atoms with van der Waals surface area (Å²) in [6, 6.07) is -0.835. The lowest BCUT2D eigenvalue weighted by atomic mass is 10.0. The molecule has 9 heteroatoms. The van der Waals surface area contributed by atoms with Crippen molar-refractivity contribution in [2.24, 2.45) is 0 Å². The number of aliphatic hydroxyl groups excluding tert-OH is 1. The SMILES string of the molecule is CCCCCCCCCCCCC/C=C/[C@@H](O)[C@H](COP(=O)(O)OCC[N+](C)(C)C)NC=O. The molecule has 8 nitrogen and oxygen atoms in total. The molecule has 0 aromatic rings. The fourth-order valence-electron chi connectivity index (χ4n) is 3.27. The molecule has 0 radical (unpaired) electrons. The second-order valence-corrected chi connectivity index (χ2v) is 11.2. The maximum atomic E-state index is 12.0. The molecule has 1 unspecified atom stereocenters. The normalized spacial score (nSPS) is 15.9. The molecule has 0 saturated carbocycles. The number of quaternary nitrogens is 1. The Morgan fingerprint density at radius 3 is 2.00 bits per heavy atom. The summed E-state index contributed by atoms with van der Waals surface area (Å²) in [5.74, 6) is 0. The highest BCUT2D eigenvalue weighted by atomic mass is 31.2. The fraction of sp³-hybridized carbons (Fsp3) is 0.875. The molecular weight excluding hydrogens is 443 g/mol. The molecule has 1 amide bonds. The number of hydrogen-bond donors (Lipinski definition) is 3. The maximum Gasteiger partial charge on any atom is 0.472 e. The molecule has 3 N–H and O–H groups in total. The van der Waals surface area contributed by atoms with Gasteiger partial charge in [0.05, 0.1) is 39.9 Å². The van der Waals surface area contributed by atoms with Gasteiger partial charge in [-0.25, -0.2) is 4.57 Å². The number of rotatable bonds is 23. The number of phosphoric acid groups is 1. The van der Waals surface area contributed by atoms with E-state index in [1.807, 2.05) is 27.2 Å². The van der Waals surface area contributed by atoms with Crippen LogP contribution in [0.1, 0.15) is 84.0 Å². The smallest absolute Gasteiger partial charge is 0.387 e. The average molecular weight is 494 g/mol. The van der Waals surface area contributed by atoms with E-state index in [2.05, 4.69) is 12.2 Å². The van der Waals surface area contributed by atoms with E-state index in [1.165, 1.54) is 57.8 Å². The number of aliphatic hydroxyl groups is 1. The molecule has 196 valence electrons. The lowest BCUT2D eigenvalue weighted by Gasteiger charge is -2.24. The monoisotopic (exact) mass is 493 g/mol. The lowest BCUT2D eigenvalue weighted by molar-refractivity contribution is -0.870. The van der Waals surface area contributed by atoms with Crippen molar-refractivity contribution >= 4 is 14.2 Å². The average Bonchev–Trinajstić information content (AvgIpc) is 2.73. The summed E-state index contributed by atoms with van der Waals surface area (Å²) in [6.45, 7) is 2.51. The van der Waals surface area contributed by atoms with Crippen molar-refractivity contribution in [2.45, 2.75) is 96.1 Å². The first-order valence-corrected chi connectivity index (χ1v) is 14.1. The fourth-order valence-corrected chi connectivity index (χ4v) is 4.01. The van der Waals surface area contributed by atoms with E-state index in [0.717, 1.165) is 19.3 Å². The van der Waals surface area contributed by atoms with Gasteiger partial charge in [0.15, 0.2) is 0 Å². The van der Waals surface area contributed by atoms with Gasteiger partial charge in [-0.3, -0.25) is 13.8 Å². The third-order valence-electron chi connectivity index (χ3n) is 5.44. The first-order valence-electron chi connectivity index (χ1n) is 12.6. The molecule has 0 heterocycles.